The second kappa shape index (κ2) is 7.96. The molecule has 23 heavy (non-hydrogen) atoms. The number of hydrogen-bond donors (Lipinski definition) is 0. The topological polar surface area (TPSA) is 23.6 Å². The third kappa shape index (κ3) is 4.14. The number of carbonyl (C=O) groups excluding carboxylic acids is 1. The molecule has 0 radical (unpaired) electrons. The highest BCUT2D eigenvalue weighted by atomic mass is 16.2. The Labute approximate surface area is 140 Å². The van der Waals surface area contributed by atoms with E-state index in [9.17, 15) is 4.79 Å². The van der Waals surface area contributed by atoms with E-state index in [0.29, 0.717) is 24.5 Å². The third-order valence-corrected chi connectivity index (χ3v) is 5.57. The van der Waals surface area contributed by atoms with Crippen LogP contribution >= 0.6 is 0 Å². The van der Waals surface area contributed by atoms with Gasteiger partial charge in [-0.1, -0.05) is 37.3 Å². The standard InChI is InChI=1S/C20H30N2O/c1-2-18-11-6-7-14-22(18)20(23)16-21-13-8-12-19(21)15-17-9-4-3-5-10-17/h3-5,9-10,18-19H,2,6-8,11-16H2,1H3/t18-,19+/m1/s1. The van der Waals surface area contributed by atoms with Crippen LogP contribution in [-0.4, -0.2) is 47.4 Å². The summed E-state index contributed by atoms with van der Waals surface area (Å²) in [6.45, 7) is 4.88. The molecule has 0 aromatic heterocycles. The van der Waals surface area contributed by atoms with Gasteiger partial charge in [-0.3, -0.25) is 9.69 Å². The molecule has 3 rings (SSSR count). The lowest BCUT2D eigenvalue weighted by Gasteiger charge is -2.37. The molecule has 0 spiro atoms. The van der Waals surface area contributed by atoms with Crippen molar-refractivity contribution in [1.29, 1.82) is 0 Å². The highest BCUT2D eigenvalue weighted by Crippen LogP contribution is 2.23. The first-order chi connectivity index (χ1) is 11.3. The predicted octanol–water partition coefficient (Wildman–Crippen LogP) is 3.48. The summed E-state index contributed by atoms with van der Waals surface area (Å²) in [6, 6.07) is 11.7. The van der Waals surface area contributed by atoms with E-state index in [1.165, 1.54) is 37.7 Å². The van der Waals surface area contributed by atoms with Crippen molar-refractivity contribution in [3.63, 3.8) is 0 Å². The van der Waals surface area contributed by atoms with Gasteiger partial charge < -0.3 is 4.90 Å². The fourth-order valence-electron chi connectivity index (χ4n) is 4.24. The van der Waals surface area contributed by atoms with Crippen molar-refractivity contribution in [3.8, 4) is 0 Å². The van der Waals surface area contributed by atoms with E-state index in [0.717, 1.165) is 25.9 Å². The number of carbonyl (C=O) groups is 1. The summed E-state index contributed by atoms with van der Waals surface area (Å²) in [5.41, 5.74) is 1.39. The fourth-order valence-corrected chi connectivity index (χ4v) is 4.24. The summed E-state index contributed by atoms with van der Waals surface area (Å²) in [7, 11) is 0. The second-order valence-corrected chi connectivity index (χ2v) is 7.10. The van der Waals surface area contributed by atoms with Gasteiger partial charge in [0.05, 0.1) is 6.54 Å². The highest BCUT2D eigenvalue weighted by molar-refractivity contribution is 5.78. The molecule has 2 saturated heterocycles. The maximum atomic E-state index is 12.8. The minimum Gasteiger partial charge on any atom is -0.339 e. The molecule has 3 nitrogen and oxygen atoms in total. The molecule has 1 aromatic carbocycles. The summed E-state index contributed by atoms with van der Waals surface area (Å²) < 4.78 is 0. The predicted molar refractivity (Wildman–Crippen MR) is 94.4 cm³/mol. The van der Waals surface area contributed by atoms with Gasteiger partial charge in [-0.2, -0.15) is 0 Å². The van der Waals surface area contributed by atoms with Crippen LogP contribution < -0.4 is 0 Å². The van der Waals surface area contributed by atoms with Crippen molar-refractivity contribution < 1.29 is 4.79 Å². The molecule has 0 aliphatic carbocycles. The minimum atomic E-state index is 0.358. The first-order valence-corrected chi connectivity index (χ1v) is 9.35. The van der Waals surface area contributed by atoms with Gasteiger partial charge in [-0.15, -0.1) is 0 Å². The average molecular weight is 314 g/mol. The van der Waals surface area contributed by atoms with E-state index in [1.807, 2.05) is 0 Å². The van der Waals surface area contributed by atoms with Crippen molar-refractivity contribution in [3.05, 3.63) is 35.9 Å². The second-order valence-electron chi connectivity index (χ2n) is 7.10. The van der Waals surface area contributed by atoms with Crippen LogP contribution in [0.4, 0.5) is 0 Å². The van der Waals surface area contributed by atoms with Gasteiger partial charge in [0.25, 0.3) is 0 Å². The molecular formula is C20H30N2O. The van der Waals surface area contributed by atoms with Crippen molar-refractivity contribution in [1.82, 2.24) is 9.80 Å². The van der Waals surface area contributed by atoms with Crippen LogP contribution in [0.5, 0.6) is 0 Å². The van der Waals surface area contributed by atoms with Gasteiger partial charge in [-0.25, -0.2) is 0 Å². The molecule has 0 bridgehead atoms. The molecule has 126 valence electrons. The Morgan fingerprint density at radius 3 is 2.61 bits per heavy atom. The van der Waals surface area contributed by atoms with E-state index in [2.05, 4.69) is 47.1 Å². The Hall–Kier alpha value is -1.35. The molecule has 0 saturated carbocycles. The zero-order chi connectivity index (χ0) is 16.1. The van der Waals surface area contributed by atoms with Crippen molar-refractivity contribution in [2.45, 2.75) is 64.0 Å². The highest BCUT2D eigenvalue weighted by Gasteiger charge is 2.30. The maximum Gasteiger partial charge on any atom is 0.237 e. The van der Waals surface area contributed by atoms with Crippen LogP contribution in [0.2, 0.25) is 0 Å². The van der Waals surface area contributed by atoms with Gasteiger partial charge in [-0.05, 0) is 57.1 Å². The molecule has 0 unspecified atom stereocenters. The van der Waals surface area contributed by atoms with Crippen molar-refractivity contribution >= 4 is 5.91 Å². The van der Waals surface area contributed by atoms with E-state index < -0.39 is 0 Å². The van der Waals surface area contributed by atoms with Crippen LogP contribution in [0.3, 0.4) is 0 Å². The Bertz CT molecular complexity index is 502. The van der Waals surface area contributed by atoms with Crippen molar-refractivity contribution in [2.75, 3.05) is 19.6 Å². The van der Waals surface area contributed by atoms with Gasteiger partial charge in [0.15, 0.2) is 0 Å². The van der Waals surface area contributed by atoms with E-state index >= 15 is 0 Å². The molecule has 2 fully saturated rings. The van der Waals surface area contributed by atoms with Crippen LogP contribution in [0.25, 0.3) is 0 Å². The Morgan fingerprint density at radius 1 is 1.04 bits per heavy atom. The van der Waals surface area contributed by atoms with Crippen LogP contribution in [0.1, 0.15) is 51.0 Å². The Balaban J connectivity index is 1.58. The number of piperidine rings is 1. The zero-order valence-electron chi connectivity index (χ0n) is 14.4. The fraction of sp³-hybridized carbons (Fsp3) is 0.650. The number of hydrogen-bond acceptors (Lipinski definition) is 2. The van der Waals surface area contributed by atoms with E-state index in [1.54, 1.807) is 0 Å². The van der Waals surface area contributed by atoms with E-state index in [-0.39, 0.29) is 0 Å². The molecule has 2 atom stereocenters. The van der Waals surface area contributed by atoms with Crippen LogP contribution in [0, 0.1) is 0 Å². The normalized spacial score (nSPS) is 25.7. The SMILES string of the molecule is CC[C@@H]1CCCCN1C(=O)CN1CCC[C@H]1Cc1ccccc1. The largest absolute Gasteiger partial charge is 0.339 e. The lowest BCUT2D eigenvalue weighted by molar-refractivity contribution is -0.136. The van der Waals surface area contributed by atoms with Crippen molar-refractivity contribution in [2.24, 2.45) is 0 Å². The monoisotopic (exact) mass is 314 g/mol. The summed E-state index contributed by atoms with van der Waals surface area (Å²) in [4.78, 5) is 17.4. The lowest BCUT2D eigenvalue weighted by atomic mass is 10.00. The molecule has 2 aliphatic heterocycles. The third-order valence-electron chi connectivity index (χ3n) is 5.57. The summed E-state index contributed by atoms with van der Waals surface area (Å²) >= 11 is 0. The first-order valence-electron chi connectivity index (χ1n) is 9.35. The number of likely N-dealkylation sites (tertiary alicyclic amines) is 2. The number of benzene rings is 1. The number of amides is 1. The molecule has 2 heterocycles. The Kier molecular flexibility index (Phi) is 5.71. The number of rotatable bonds is 5. The Morgan fingerprint density at radius 2 is 1.83 bits per heavy atom. The van der Waals surface area contributed by atoms with E-state index in [4.69, 9.17) is 0 Å². The van der Waals surface area contributed by atoms with Crippen LogP contribution in [-0.2, 0) is 11.2 Å². The van der Waals surface area contributed by atoms with Gasteiger partial charge in [0.1, 0.15) is 0 Å². The summed E-state index contributed by atoms with van der Waals surface area (Å²) in [5, 5.41) is 0. The maximum absolute atomic E-state index is 12.8. The molecule has 1 aromatic rings. The molecule has 3 heteroatoms. The average Bonchev–Trinajstić information content (AvgIpc) is 3.02. The van der Waals surface area contributed by atoms with Crippen LogP contribution in [0.15, 0.2) is 30.3 Å². The summed E-state index contributed by atoms with van der Waals surface area (Å²) in [6.07, 6.45) is 8.26. The smallest absolute Gasteiger partial charge is 0.237 e. The summed E-state index contributed by atoms with van der Waals surface area (Å²) in [5.74, 6) is 0.358. The minimum absolute atomic E-state index is 0.358. The number of nitrogens with zero attached hydrogens (tertiary/aromatic N) is 2. The van der Waals surface area contributed by atoms with Gasteiger partial charge >= 0.3 is 0 Å². The molecule has 0 N–H and O–H groups in total. The molecular weight excluding hydrogens is 284 g/mol. The first kappa shape index (κ1) is 16.5. The lowest BCUT2D eigenvalue weighted by Crippen LogP contribution is -2.48. The molecule has 1 amide bonds. The van der Waals surface area contributed by atoms with Gasteiger partial charge in [0.2, 0.25) is 5.91 Å². The van der Waals surface area contributed by atoms with Gasteiger partial charge in [0, 0.05) is 18.6 Å². The zero-order valence-corrected chi connectivity index (χ0v) is 14.4. The quantitative estimate of drug-likeness (QED) is 0.830. The molecule has 2 aliphatic rings.